The highest BCUT2D eigenvalue weighted by Crippen LogP contribution is 2.26. The molecule has 0 aliphatic heterocycles. The van der Waals surface area contributed by atoms with Crippen LogP contribution in [0.2, 0.25) is 0 Å². The molecule has 0 saturated heterocycles. The van der Waals surface area contributed by atoms with Crippen molar-refractivity contribution in [3.63, 3.8) is 0 Å². The van der Waals surface area contributed by atoms with Gasteiger partial charge in [-0.05, 0) is 65.4 Å². The number of amides is 3. The lowest BCUT2D eigenvalue weighted by molar-refractivity contribution is -0.129. The van der Waals surface area contributed by atoms with Crippen molar-refractivity contribution in [3.8, 4) is 5.75 Å². The summed E-state index contributed by atoms with van der Waals surface area (Å²) in [4.78, 5) is 44.1. The molecule has 0 fully saturated rings. The monoisotopic (exact) mass is 579 g/mol. The van der Waals surface area contributed by atoms with Crippen molar-refractivity contribution in [2.75, 3.05) is 6.61 Å². The molecule has 3 aromatic carbocycles. The van der Waals surface area contributed by atoms with Crippen molar-refractivity contribution in [2.45, 2.75) is 44.8 Å². The van der Waals surface area contributed by atoms with Crippen LogP contribution >= 0.6 is 0 Å². The van der Waals surface area contributed by atoms with Gasteiger partial charge in [-0.1, -0.05) is 60.7 Å². The Labute approximate surface area is 251 Å². The maximum atomic E-state index is 14.0. The van der Waals surface area contributed by atoms with E-state index in [4.69, 9.17) is 16.2 Å². The van der Waals surface area contributed by atoms with E-state index in [1.165, 1.54) is 0 Å². The minimum absolute atomic E-state index is 0.227. The van der Waals surface area contributed by atoms with E-state index < -0.39 is 23.8 Å². The van der Waals surface area contributed by atoms with Crippen LogP contribution < -0.4 is 26.8 Å². The number of hydrogen-bond donors (Lipinski definition) is 4. The molecule has 6 N–H and O–H groups in total. The average Bonchev–Trinajstić information content (AvgIpc) is 3.03. The Morgan fingerprint density at radius 1 is 0.814 bits per heavy atom. The molecule has 0 unspecified atom stereocenters. The maximum Gasteiger partial charge on any atom is 0.249 e. The second-order valence-electron chi connectivity index (χ2n) is 10.2. The number of nitrogens with two attached hydrogens (primary N) is 2. The molecule has 43 heavy (non-hydrogen) atoms. The first kappa shape index (κ1) is 30.9. The zero-order valence-corrected chi connectivity index (χ0v) is 24.2. The summed E-state index contributed by atoms with van der Waals surface area (Å²) in [6.07, 6.45) is 3.82. The molecule has 0 aliphatic carbocycles. The summed E-state index contributed by atoms with van der Waals surface area (Å²) < 4.78 is 5.55. The minimum atomic E-state index is -0.899. The van der Waals surface area contributed by atoms with Gasteiger partial charge in [-0.15, -0.1) is 0 Å². The summed E-state index contributed by atoms with van der Waals surface area (Å²) in [5, 5.41) is 5.91. The summed E-state index contributed by atoms with van der Waals surface area (Å²) in [6.45, 7) is 3.16. The number of primary amides is 1. The third-order valence-corrected chi connectivity index (χ3v) is 7.11. The number of pyridine rings is 1. The van der Waals surface area contributed by atoms with Gasteiger partial charge in [-0.25, -0.2) is 0 Å². The molecule has 0 radical (unpaired) electrons. The molecule has 9 nitrogen and oxygen atoms in total. The second kappa shape index (κ2) is 15.3. The third-order valence-electron chi connectivity index (χ3n) is 7.11. The molecular weight excluding hydrogens is 542 g/mol. The lowest BCUT2D eigenvalue weighted by Crippen LogP contribution is -2.49. The van der Waals surface area contributed by atoms with Crippen molar-refractivity contribution < 1.29 is 19.1 Å². The van der Waals surface area contributed by atoms with Gasteiger partial charge in [-0.2, -0.15) is 0 Å². The number of hydrogen-bond acceptors (Lipinski definition) is 6. The van der Waals surface area contributed by atoms with Crippen LogP contribution in [0.5, 0.6) is 5.75 Å². The third kappa shape index (κ3) is 8.73. The maximum absolute atomic E-state index is 14.0. The zero-order valence-electron chi connectivity index (χ0n) is 24.2. The van der Waals surface area contributed by atoms with Gasteiger partial charge in [0.15, 0.2) is 0 Å². The van der Waals surface area contributed by atoms with Crippen LogP contribution in [0.4, 0.5) is 0 Å². The number of ether oxygens (including phenoxy) is 1. The Bertz CT molecular complexity index is 1510. The van der Waals surface area contributed by atoms with Crippen LogP contribution in [-0.4, -0.2) is 35.4 Å². The van der Waals surface area contributed by atoms with Gasteiger partial charge in [0.2, 0.25) is 17.7 Å². The molecule has 1 aromatic heterocycles. The predicted molar refractivity (Wildman–Crippen MR) is 165 cm³/mol. The Balaban J connectivity index is 1.60. The van der Waals surface area contributed by atoms with E-state index in [-0.39, 0.29) is 30.9 Å². The van der Waals surface area contributed by atoms with E-state index in [0.29, 0.717) is 18.7 Å². The molecule has 4 rings (SSSR count). The fourth-order valence-electron chi connectivity index (χ4n) is 4.84. The van der Waals surface area contributed by atoms with Gasteiger partial charge in [0.05, 0.1) is 12.5 Å². The summed E-state index contributed by atoms with van der Waals surface area (Å²) >= 11 is 0. The number of nitrogens with one attached hydrogen (secondary N) is 2. The summed E-state index contributed by atoms with van der Waals surface area (Å²) in [5.74, 6) is -1.46. The fraction of sp³-hybridized carbons (Fsp3) is 0.235. The van der Waals surface area contributed by atoms with Crippen LogP contribution in [-0.2, 0) is 35.5 Å². The van der Waals surface area contributed by atoms with E-state index in [2.05, 4.69) is 15.6 Å². The summed E-state index contributed by atoms with van der Waals surface area (Å²) in [5.41, 5.74) is 15.7. The molecular formula is C34H37N5O4. The Kier molecular flexibility index (Phi) is 11.0. The van der Waals surface area contributed by atoms with Crippen molar-refractivity contribution in [2.24, 2.45) is 11.5 Å². The molecule has 4 aromatic rings. The first-order chi connectivity index (χ1) is 20.9. The number of rotatable bonds is 14. The van der Waals surface area contributed by atoms with Gasteiger partial charge >= 0.3 is 0 Å². The Hall–Kier alpha value is -5.02. The Morgan fingerprint density at radius 3 is 2.16 bits per heavy atom. The molecule has 0 saturated carbocycles. The van der Waals surface area contributed by atoms with E-state index >= 15 is 0 Å². The number of aromatic nitrogens is 1. The molecule has 1 heterocycles. The highest BCUT2D eigenvalue weighted by atomic mass is 16.5. The number of benzene rings is 3. The molecule has 222 valence electrons. The van der Waals surface area contributed by atoms with Crippen LogP contribution in [0.15, 0.2) is 97.3 Å². The second-order valence-corrected chi connectivity index (χ2v) is 10.2. The quantitative estimate of drug-likeness (QED) is 0.180. The van der Waals surface area contributed by atoms with Crippen LogP contribution in [0.25, 0.3) is 0 Å². The molecule has 0 spiro atoms. The lowest BCUT2D eigenvalue weighted by Gasteiger charge is -2.24. The number of carbonyl (C=O) groups excluding carboxylic acids is 3. The normalized spacial score (nSPS) is 12.1. The van der Waals surface area contributed by atoms with E-state index in [0.717, 1.165) is 28.0 Å². The van der Waals surface area contributed by atoms with Crippen LogP contribution in [0.1, 0.15) is 51.0 Å². The van der Waals surface area contributed by atoms with Crippen molar-refractivity contribution >= 4 is 17.7 Å². The number of nitrogens with zero attached hydrogens (tertiary/aromatic N) is 1. The van der Waals surface area contributed by atoms with Gasteiger partial charge in [0, 0.05) is 37.5 Å². The van der Waals surface area contributed by atoms with E-state index in [1.807, 2.05) is 61.5 Å². The summed E-state index contributed by atoms with van der Waals surface area (Å²) in [6, 6.07) is 24.6. The van der Waals surface area contributed by atoms with Gasteiger partial charge < -0.3 is 26.8 Å². The predicted octanol–water partition coefficient (Wildman–Crippen LogP) is 3.41. The van der Waals surface area contributed by atoms with Gasteiger partial charge in [0.1, 0.15) is 11.8 Å². The van der Waals surface area contributed by atoms with Gasteiger partial charge in [-0.3, -0.25) is 19.4 Å². The minimum Gasteiger partial charge on any atom is -0.494 e. The topological polar surface area (TPSA) is 149 Å². The first-order valence-electron chi connectivity index (χ1n) is 14.2. The SMILES string of the molecule is CCOc1ccc(C[C@@H](C(=O)N[C@@H](Cc2cccnc2)C(=O)NCc2ccc(CN)cc2)c2ccccc2C(N)=O)cc1. The highest BCUT2D eigenvalue weighted by Gasteiger charge is 2.29. The molecule has 0 aliphatic rings. The van der Waals surface area contributed by atoms with Gasteiger partial charge in [0.25, 0.3) is 0 Å². The molecule has 9 heteroatoms. The first-order valence-corrected chi connectivity index (χ1v) is 14.2. The van der Waals surface area contributed by atoms with Crippen molar-refractivity contribution in [1.82, 2.24) is 15.6 Å². The highest BCUT2D eigenvalue weighted by molar-refractivity contribution is 5.98. The van der Waals surface area contributed by atoms with Crippen LogP contribution in [0.3, 0.4) is 0 Å². The molecule has 2 atom stereocenters. The standard InChI is InChI=1S/C34H37N5O4/c1-2-43-27-15-13-23(14-16-27)18-30(28-7-3-4-8-29(28)32(36)40)33(41)39-31(19-26-6-5-17-37-21-26)34(42)38-22-25-11-9-24(20-35)10-12-25/h3-17,21,30-31H,2,18-20,22,35H2,1H3,(H2,36,40)(H,38,42)(H,39,41)/t30-,31+/m1/s1. The lowest BCUT2D eigenvalue weighted by atomic mass is 9.87. The zero-order chi connectivity index (χ0) is 30.6. The van der Waals surface area contributed by atoms with Crippen molar-refractivity contribution in [3.05, 3.63) is 131 Å². The van der Waals surface area contributed by atoms with Crippen LogP contribution in [0, 0.1) is 0 Å². The fourth-order valence-corrected chi connectivity index (χ4v) is 4.84. The molecule has 0 bridgehead atoms. The largest absolute Gasteiger partial charge is 0.494 e. The summed E-state index contributed by atoms with van der Waals surface area (Å²) in [7, 11) is 0. The number of carbonyl (C=O) groups is 3. The Morgan fingerprint density at radius 2 is 1.51 bits per heavy atom. The van der Waals surface area contributed by atoms with E-state index in [1.54, 1.807) is 42.7 Å². The van der Waals surface area contributed by atoms with E-state index in [9.17, 15) is 14.4 Å². The smallest absolute Gasteiger partial charge is 0.249 e. The average molecular weight is 580 g/mol. The van der Waals surface area contributed by atoms with Crippen molar-refractivity contribution in [1.29, 1.82) is 0 Å². The molecule has 3 amide bonds.